The van der Waals surface area contributed by atoms with Crippen molar-refractivity contribution in [2.45, 2.75) is 19.8 Å². The molecule has 2 heterocycles. The molecule has 1 aliphatic heterocycles. The van der Waals surface area contributed by atoms with Crippen molar-refractivity contribution in [3.05, 3.63) is 24.3 Å². The number of para-hydroxylation sites is 1. The van der Waals surface area contributed by atoms with Crippen LogP contribution < -0.4 is 5.32 Å². The van der Waals surface area contributed by atoms with Crippen LogP contribution in [0.1, 0.15) is 19.8 Å². The van der Waals surface area contributed by atoms with E-state index in [0.717, 1.165) is 56.5 Å². The minimum Gasteiger partial charge on any atom is -0.381 e. The van der Waals surface area contributed by atoms with Crippen LogP contribution in [-0.4, -0.2) is 38.0 Å². The average Bonchev–Trinajstić information content (AvgIpc) is 2.87. The van der Waals surface area contributed by atoms with Gasteiger partial charge in [-0.3, -0.25) is 0 Å². The molecular formula is C16H22N2O2S. The Bertz CT molecular complexity index is 542. The minimum absolute atomic E-state index is 0.292. The monoisotopic (exact) mass is 306 g/mol. The fraction of sp³-hybridized carbons (Fsp3) is 0.562. The highest BCUT2D eigenvalue weighted by molar-refractivity contribution is 7.22. The van der Waals surface area contributed by atoms with Crippen LogP contribution in [0.25, 0.3) is 10.2 Å². The van der Waals surface area contributed by atoms with E-state index in [1.165, 1.54) is 4.70 Å². The van der Waals surface area contributed by atoms with Crippen molar-refractivity contribution in [2.75, 3.05) is 38.3 Å². The predicted molar refractivity (Wildman–Crippen MR) is 87.1 cm³/mol. The van der Waals surface area contributed by atoms with Crippen LogP contribution in [0.4, 0.5) is 5.13 Å². The fourth-order valence-corrected chi connectivity index (χ4v) is 3.28. The molecule has 0 amide bonds. The molecule has 2 aromatic rings. The van der Waals surface area contributed by atoms with Crippen molar-refractivity contribution >= 4 is 26.7 Å². The van der Waals surface area contributed by atoms with Crippen LogP contribution in [0.5, 0.6) is 0 Å². The molecule has 0 atom stereocenters. The molecule has 0 aliphatic carbocycles. The first kappa shape index (κ1) is 14.8. The van der Waals surface area contributed by atoms with Crippen molar-refractivity contribution in [3.8, 4) is 0 Å². The third-order valence-corrected chi connectivity index (χ3v) is 5.00. The number of nitrogens with zero attached hydrogens (tertiary/aromatic N) is 1. The summed E-state index contributed by atoms with van der Waals surface area (Å²) in [6, 6.07) is 8.22. The Kier molecular flexibility index (Phi) is 4.73. The van der Waals surface area contributed by atoms with Gasteiger partial charge in [-0.25, -0.2) is 4.98 Å². The van der Waals surface area contributed by atoms with Gasteiger partial charge >= 0.3 is 0 Å². The molecule has 0 saturated carbocycles. The summed E-state index contributed by atoms with van der Waals surface area (Å²) in [6.45, 7) is 6.43. The number of hydrogen-bond donors (Lipinski definition) is 1. The number of ether oxygens (including phenoxy) is 2. The molecule has 0 bridgehead atoms. The Morgan fingerprint density at radius 2 is 2.24 bits per heavy atom. The van der Waals surface area contributed by atoms with Crippen LogP contribution in [0.15, 0.2) is 24.3 Å². The molecule has 21 heavy (non-hydrogen) atoms. The van der Waals surface area contributed by atoms with Crippen LogP contribution in [0.3, 0.4) is 0 Å². The van der Waals surface area contributed by atoms with Crippen LogP contribution in [-0.2, 0) is 9.47 Å². The van der Waals surface area contributed by atoms with E-state index < -0.39 is 0 Å². The van der Waals surface area contributed by atoms with Gasteiger partial charge in [0.1, 0.15) is 0 Å². The molecule has 1 aliphatic rings. The Morgan fingerprint density at radius 3 is 2.95 bits per heavy atom. The molecule has 0 unspecified atom stereocenters. The van der Waals surface area contributed by atoms with E-state index in [9.17, 15) is 0 Å². The van der Waals surface area contributed by atoms with E-state index in [1.54, 1.807) is 11.3 Å². The van der Waals surface area contributed by atoms with Crippen molar-refractivity contribution in [2.24, 2.45) is 5.41 Å². The van der Waals surface area contributed by atoms with Crippen molar-refractivity contribution in [1.29, 1.82) is 0 Å². The summed E-state index contributed by atoms with van der Waals surface area (Å²) in [5.41, 5.74) is 1.36. The van der Waals surface area contributed by atoms with Gasteiger partial charge in [-0.05, 0) is 25.0 Å². The number of aromatic nitrogens is 1. The van der Waals surface area contributed by atoms with Crippen LogP contribution in [0.2, 0.25) is 0 Å². The van der Waals surface area contributed by atoms with E-state index in [-0.39, 0.29) is 0 Å². The molecule has 5 heteroatoms. The van der Waals surface area contributed by atoms with E-state index in [1.807, 2.05) is 18.2 Å². The highest BCUT2D eigenvalue weighted by atomic mass is 32.1. The van der Waals surface area contributed by atoms with Gasteiger partial charge in [0.05, 0.1) is 30.0 Å². The first-order valence-corrected chi connectivity index (χ1v) is 8.38. The molecular weight excluding hydrogens is 284 g/mol. The maximum absolute atomic E-state index is 5.79. The normalized spacial score (nSPS) is 16.8. The number of rotatable bonds is 8. The van der Waals surface area contributed by atoms with Crippen molar-refractivity contribution < 1.29 is 9.47 Å². The average molecular weight is 306 g/mol. The lowest BCUT2D eigenvalue weighted by molar-refractivity contribution is -0.150. The van der Waals surface area contributed by atoms with Crippen molar-refractivity contribution in [3.63, 3.8) is 0 Å². The van der Waals surface area contributed by atoms with E-state index in [4.69, 9.17) is 9.47 Å². The Hall–Kier alpha value is -1.17. The largest absolute Gasteiger partial charge is 0.381 e. The van der Waals surface area contributed by atoms with Gasteiger partial charge in [0.15, 0.2) is 5.13 Å². The van der Waals surface area contributed by atoms with Gasteiger partial charge in [-0.2, -0.15) is 0 Å². The second-order valence-electron chi connectivity index (χ2n) is 5.67. The molecule has 0 spiro atoms. The molecule has 1 fully saturated rings. The first-order valence-electron chi connectivity index (χ1n) is 7.56. The third kappa shape index (κ3) is 3.54. The van der Waals surface area contributed by atoms with Gasteiger partial charge in [0.2, 0.25) is 0 Å². The van der Waals surface area contributed by atoms with E-state index in [2.05, 4.69) is 23.3 Å². The molecule has 0 radical (unpaired) electrons. The SMILES string of the molecule is CCC1(COCCCNc2nc3ccccc3s2)COC1. The number of nitrogens with one attached hydrogen (secondary N) is 1. The van der Waals surface area contributed by atoms with Gasteiger partial charge in [0.25, 0.3) is 0 Å². The highest BCUT2D eigenvalue weighted by Gasteiger charge is 2.36. The lowest BCUT2D eigenvalue weighted by atomic mass is 9.84. The molecule has 4 nitrogen and oxygen atoms in total. The third-order valence-electron chi connectivity index (χ3n) is 4.01. The fourth-order valence-electron chi connectivity index (χ4n) is 2.39. The van der Waals surface area contributed by atoms with Crippen LogP contribution >= 0.6 is 11.3 Å². The van der Waals surface area contributed by atoms with E-state index in [0.29, 0.717) is 5.41 Å². The maximum atomic E-state index is 5.79. The summed E-state index contributed by atoms with van der Waals surface area (Å²) in [5, 5.41) is 4.37. The summed E-state index contributed by atoms with van der Waals surface area (Å²) in [7, 11) is 0. The van der Waals surface area contributed by atoms with E-state index >= 15 is 0 Å². The first-order chi connectivity index (χ1) is 10.3. The number of hydrogen-bond acceptors (Lipinski definition) is 5. The lowest BCUT2D eigenvalue weighted by Crippen LogP contribution is -2.45. The molecule has 1 N–H and O–H groups in total. The minimum atomic E-state index is 0.292. The van der Waals surface area contributed by atoms with Crippen LogP contribution in [0, 0.1) is 5.41 Å². The summed E-state index contributed by atoms with van der Waals surface area (Å²) < 4.78 is 12.3. The molecule has 3 rings (SSSR count). The standard InChI is InChI=1S/C16H22N2O2S/c1-2-16(11-20-12-16)10-19-9-5-8-17-15-18-13-6-3-4-7-14(13)21-15/h3-4,6-7H,2,5,8-12H2,1H3,(H,17,18). The van der Waals surface area contributed by atoms with Gasteiger partial charge in [-0.1, -0.05) is 30.4 Å². The summed E-state index contributed by atoms with van der Waals surface area (Å²) >= 11 is 1.70. The Balaban J connectivity index is 1.34. The zero-order valence-corrected chi connectivity index (χ0v) is 13.2. The quantitative estimate of drug-likeness (QED) is 0.758. The second kappa shape index (κ2) is 6.73. The Morgan fingerprint density at radius 1 is 1.38 bits per heavy atom. The van der Waals surface area contributed by atoms with Gasteiger partial charge in [-0.15, -0.1) is 0 Å². The number of fused-ring (bicyclic) bond motifs is 1. The zero-order valence-electron chi connectivity index (χ0n) is 12.4. The summed E-state index contributed by atoms with van der Waals surface area (Å²) in [6.07, 6.45) is 2.13. The molecule has 1 aromatic heterocycles. The second-order valence-corrected chi connectivity index (χ2v) is 6.70. The molecule has 114 valence electrons. The molecule has 1 saturated heterocycles. The molecule has 1 aromatic carbocycles. The topological polar surface area (TPSA) is 43.4 Å². The zero-order chi connectivity index (χ0) is 14.5. The lowest BCUT2D eigenvalue weighted by Gasteiger charge is -2.40. The Labute approximate surface area is 129 Å². The number of benzene rings is 1. The number of thiazole rings is 1. The predicted octanol–water partition coefficient (Wildman–Crippen LogP) is 3.54. The van der Waals surface area contributed by atoms with Crippen molar-refractivity contribution in [1.82, 2.24) is 4.98 Å². The van der Waals surface area contributed by atoms with Gasteiger partial charge < -0.3 is 14.8 Å². The smallest absolute Gasteiger partial charge is 0.183 e. The maximum Gasteiger partial charge on any atom is 0.183 e. The summed E-state index contributed by atoms with van der Waals surface area (Å²) in [5.74, 6) is 0. The summed E-state index contributed by atoms with van der Waals surface area (Å²) in [4.78, 5) is 4.56. The van der Waals surface area contributed by atoms with Gasteiger partial charge in [0, 0.05) is 18.6 Å². The number of anilines is 1. The highest BCUT2D eigenvalue weighted by Crippen LogP contribution is 2.31.